The van der Waals surface area contributed by atoms with Crippen molar-refractivity contribution in [2.75, 3.05) is 0 Å². The predicted molar refractivity (Wildman–Crippen MR) is 61.2 cm³/mol. The summed E-state index contributed by atoms with van der Waals surface area (Å²) in [6, 6.07) is 9.74. The summed E-state index contributed by atoms with van der Waals surface area (Å²) in [6.45, 7) is 2.42. The predicted octanol–water partition coefficient (Wildman–Crippen LogP) is 2.04. The van der Waals surface area contributed by atoms with E-state index >= 15 is 0 Å². The molecule has 0 fully saturated rings. The minimum atomic E-state index is 0.362. The summed E-state index contributed by atoms with van der Waals surface area (Å²) < 4.78 is 5.50. The van der Waals surface area contributed by atoms with Crippen LogP contribution in [0, 0.1) is 6.92 Å². The number of aryl methyl sites for hydroxylation is 1. The maximum absolute atomic E-state index is 5.51. The van der Waals surface area contributed by atoms with Gasteiger partial charge in [0.15, 0.2) is 0 Å². The van der Waals surface area contributed by atoms with Crippen LogP contribution < -0.4 is 10.5 Å². The first kappa shape index (κ1) is 10.6. The van der Waals surface area contributed by atoms with E-state index in [0.717, 1.165) is 11.3 Å². The van der Waals surface area contributed by atoms with Crippen LogP contribution >= 0.6 is 0 Å². The van der Waals surface area contributed by atoms with Crippen LogP contribution in [0.25, 0.3) is 0 Å². The van der Waals surface area contributed by atoms with E-state index < -0.39 is 0 Å². The Bertz CT molecular complexity index is 468. The normalized spacial score (nSPS) is 10.1. The third-order valence-corrected chi connectivity index (χ3v) is 2.14. The van der Waals surface area contributed by atoms with Crippen molar-refractivity contribution in [2.24, 2.45) is 5.73 Å². The summed E-state index contributed by atoms with van der Waals surface area (Å²) >= 11 is 0. The Hall–Kier alpha value is -1.94. The summed E-state index contributed by atoms with van der Waals surface area (Å²) in [5, 5.41) is 0. The van der Waals surface area contributed by atoms with Gasteiger partial charge in [0.1, 0.15) is 5.75 Å². The van der Waals surface area contributed by atoms with Crippen LogP contribution in [0.15, 0.2) is 36.5 Å². The molecule has 1 aromatic heterocycles. The highest BCUT2D eigenvalue weighted by Gasteiger charge is 2.00. The highest BCUT2D eigenvalue weighted by Crippen LogP contribution is 2.17. The van der Waals surface area contributed by atoms with E-state index in [9.17, 15) is 0 Å². The van der Waals surface area contributed by atoms with Crippen LogP contribution in [0.2, 0.25) is 0 Å². The Labute approximate surface area is 94.1 Å². The van der Waals surface area contributed by atoms with Gasteiger partial charge in [-0.25, -0.2) is 9.97 Å². The highest BCUT2D eigenvalue weighted by atomic mass is 16.5. The molecule has 1 aromatic carbocycles. The molecule has 0 bridgehead atoms. The van der Waals surface area contributed by atoms with Gasteiger partial charge in [-0.2, -0.15) is 0 Å². The molecule has 0 unspecified atom stereocenters. The van der Waals surface area contributed by atoms with Crippen molar-refractivity contribution in [1.82, 2.24) is 9.97 Å². The lowest BCUT2D eigenvalue weighted by Crippen LogP contribution is -1.96. The summed E-state index contributed by atoms with van der Waals surface area (Å²) in [5.74, 6) is 0.711. The van der Waals surface area contributed by atoms with Gasteiger partial charge in [-0.15, -0.1) is 0 Å². The zero-order valence-corrected chi connectivity index (χ0v) is 9.05. The van der Waals surface area contributed by atoms with Crippen molar-refractivity contribution in [3.63, 3.8) is 0 Å². The SMILES string of the molecule is Cc1ccnc(Oc2ccc(CN)cc2)n1. The number of rotatable bonds is 3. The van der Waals surface area contributed by atoms with Crippen LogP contribution in [0.4, 0.5) is 0 Å². The Balaban J connectivity index is 2.14. The molecule has 4 nitrogen and oxygen atoms in total. The fourth-order valence-electron chi connectivity index (χ4n) is 1.27. The van der Waals surface area contributed by atoms with Crippen molar-refractivity contribution < 1.29 is 4.74 Å². The standard InChI is InChI=1S/C12H13N3O/c1-9-6-7-14-12(15-9)16-11-4-2-10(8-13)3-5-11/h2-7H,8,13H2,1H3. The monoisotopic (exact) mass is 215 g/mol. The molecule has 4 heteroatoms. The molecular formula is C12H13N3O. The first-order valence-electron chi connectivity index (χ1n) is 5.04. The third-order valence-electron chi connectivity index (χ3n) is 2.14. The average Bonchev–Trinajstić information content (AvgIpc) is 2.30. The first-order valence-corrected chi connectivity index (χ1v) is 5.04. The van der Waals surface area contributed by atoms with E-state index in [1.807, 2.05) is 37.3 Å². The molecule has 0 aliphatic heterocycles. The van der Waals surface area contributed by atoms with Crippen molar-refractivity contribution >= 4 is 0 Å². The van der Waals surface area contributed by atoms with Crippen LogP contribution in [0.5, 0.6) is 11.8 Å². The van der Waals surface area contributed by atoms with Crippen LogP contribution in [-0.4, -0.2) is 9.97 Å². The molecule has 1 heterocycles. The molecule has 2 aromatic rings. The van der Waals surface area contributed by atoms with E-state index in [2.05, 4.69) is 9.97 Å². The van der Waals surface area contributed by atoms with Gasteiger partial charge in [-0.05, 0) is 30.7 Å². The van der Waals surface area contributed by atoms with Crippen molar-refractivity contribution in [1.29, 1.82) is 0 Å². The zero-order chi connectivity index (χ0) is 11.4. The second-order valence-electron chi connectivity index (χ2n) is 3.43. The van der Waals surface area contributed by atoms with Gasteiger partial charge in [-0.1, -0.05) is 12.1 Å². The zero-order valence-electron chi connectivity index (χ0n) is 9.05. The third kappa shape index (κ3) is 2.55. The van der Waals surface area contributed by atoms with E-state index in [1.165, 1.54) is 0 Å². The topological polar surface area (TPSA) is 61.0 Å². The number of benzene rings is 1. The molecule has 0 saturated heterocycles. The number of nitrogens with two attached hydrogens (primary N) is 1. The van der Waals surface area contributed by atoms with E-state index in [-0.39, 0.29) is 0 Å². The molecule has 0 amide bonds. The Kier molecular flexibility index (Phi) is 3.12. The number of hydrogen-bond acceptors (Lipinski definition) is 4. The molecule has 0 aliphatic carbocycles. The molecule has 2 N–H and O–H groups in total. The van der Waals surface area contributed by atoms with Crippen LogP contribution in [0.1, 0.15) is 11.3 Å². The molecule has 0 spiro atoms. The Morgan fingerprint density at radius 2 is 1.94 bits per heavy atom. The Morgan fingerprint density at radius 1 is 1.19 bits per heavy atom. The summed E-state index contributed by atoms with van der Waals surface area (Å²) in [4.78, 5) is 8.17. The van der Waals surface area contributed by atoms with Crippen molar-refractivity contribution in [2.45, 2.75) is 13.5 Å². The summed E-state index contributed by atoms with van der Waals surface area (Å²) in [5.41, 5.74) is 7.45. The lowest BCUT2D eigenvalue weighted by atomic mass is 10.2. The number of ether oxygens (including phenoxy) is 1. The molecule has 16 heavy (non-hydrogen) atoms. The van der Waals surface area contributed by atoms with E-state index in [0.29, 0.717) is 18.3 Å². The smallest absolute Gasteiger partial charge is 0.322 e. The van der Waals surface area contributed by atoms with Gasteiger partial charge in [0, 0.05) is 18.4 Å². The van der Waals surface area contributed by atoms with Gasteiger partial charge in [0.25, 0.3) is 0 Å². The fraction of sp³-hybridized carbons (Fsp3) is 0.167. The largest absolute Gasteiger partial charge is 0.424 e. The molecular weight excluding hydrogens is 202 g/mol. The van der Waals surface area contributed by atoms with Gasteiger partial charge in [0.05, 0.1) is 0 Å². The van der Waals surface area contributed by atoms with Crippen LogP contribution in [0.3, 0.4) is 0 Å². The fourth-order valence-corrected chi connectivity index (χ4v) is 1.27. The van der Waals surface area contributed by atoms with E-state index in [4.69, 9.17) is 10.5 Å². The molecule has 82 valence electrons. The number of hydrogen-bond donors (Lipinski definition) is 1. The van der Waals surface area contributed by atoms with Gasteiger partial charge in [-0.3, -0.25) is 0 Å². The highest BCUT2D eigenvalue weighted by molar-refractivity contribution is 5.29. The van der Waals surface area contributed by atoms with Crippen LogP contribution in [-0.2, 0) is 6.54 Å². The van der Waals surface area contributed by atoms with Crippen molar-refractivity contribution in [3.8, 4) is 11.8 Å². The number of nitrogens with zero attached hydrogens (tertiary/aromatic N) is 2. The minimum absolute atomic E-state index is 0.362. The lowest BCUT2D eigenvalue weighted by Gasteiger charge is -2.04. The van der Waals surface area contributed by atoms with Gasteiger partial charge < -0.3 is 10.5 Å². The molecule has 0 aliphatic rings. The summed E-state index contributed by atoms with van der Waals surface area (Å²) in [6.07, 6.45) is 1.67. The quantitative estimate of drug-likeness (QED) is 0.851. The number of aromatic nitrogens is 2. The molecule has 0 saturated carbocycles. The maximum atomic E-state index is 5.51. The maximum Gasteiger partial charge on any atom is 0.322 e. The van der Waals surface area contributed by atoms with Crippen molar-refractivity contribution in [3.05, 3.63) is 47.8 Å². The Morgan fingerprint density at radius 3 is 2.56 bits per heavy atom. The lowest BCUT2D eigenvalue weighted by molar-refractivity contribution is 0.440. The molecule has 2 rings (SSSR count). The summed E-state index contributed by atoms with van der Waals surface area (Å²) in [7, 11) is 0. The second-order valence-corrected chi connectivity index (χ2v) is 3.43. The second kappa shape index (κ2) is 4.72. The van der Waals surface area contributed by atoms with Gasteiger partial charge in [0.2, 0.25) is 0 Å². The minimum Gasteiger partial charge on any atom is -0.424 e. The average molecular weight is 215 g/mol. The van der Waals surface area contributed by atoms with Gasteiger partial charge >= 0.3 is 6.01 Å². The molecule has 0 radical (unpaired) electrons. The molecule has 0 atom stereocenters. The van der Waals surface area contributed by atoms with E-state index in [1.54, 1.807) is 6.20 Å². The first-order chi connectivity index (χ1) is 7.78.